The predicted octanol–water partition coefficient (Wildman–Crippen LogP) is 2.85. The molecule has 26 heavy (non-hydrogen) atoms. The van der Waals surface area contributed by atoms with Gasteiger partial charge in [-0.1, -0.05) is 17.3 Å². The minimum Gasteiger partial charge on any atom is -0.377 e. The molecule has 0 atom stereocenters. The lowest BCUT2D eigenvalue weighted by molar-refractivity contribution is 0.174. The maximum atomic E-state index is 5.29. The van der Waals surface area contributed by atoms with E-state index in [1.54, 1.807) is 7.11 Å². The number of piperazine rings is 1. The molecule has 1 aliphatic heterocycles. The highest BCUT2D eigenvalue weighted by atomic mass is 79.9. The van der Waals surface area contributed by atoms with Gasteiger partial charge in [0.25, 0.3) is 0 Å². The molecule has 1 aromatic carbocycles. The first-order valence-corrected chi connectivity index (χ1v) is 9.35. The van der Waals surface area contributed by atoms with Crippen LogP contribution in [0.3, 0.4) is 0 Å². The van der Waals surface area contributed by atoms with Crippen molar-refractivity contribution in [1.29, 1.82) is 0 Å². The Bertz CT molecular complexity index is 892. The van der Waals surface area contributed by atoms with Crippen LogP contribution in [0.4, 0.5) is 5.69 Å². The van der Waals surface area contributed by atoms with Crippen LogP contribution < -0.4 is 4.90 Å². The standard InChI is InChI=1S/C18H20BrN5O2/c1-25-12-16-21-17(26-22-16)11-23-7-9-24(10-8-23)15-5-6-20-18-13(15)3-2-4-14(18)19/h2-6H,7-12H2,1H3. The van der Waals surface area contributed by atoms with Crippen molar-refractivity contribution in [2.45, 2.75) is 13.2 Å². The Kier molecular flexibility index (Phi) is 5.14. The van der Waals surface area contributed by atoms with Gasteiger partial charge >= 0.3 is 0 Å². The van der Waals surface area contributed by atoms with Gasteiger partial charge in [0.2, 0.25) is 5.89 Å². The molecule has 0 bridgehead atoms. The second-order valence-electron chi connectivity index (χ2n) is 6.27. The van der Waals surface area contributed by atoms with Crippen molar-refractivity contribution in [1.82, 2.24) is 20.0 Å². The highest BCUT2D eigenvalue weighted by Gasteiger charge is 2.21. The van der Waals surface area contributed by atoms with Gasteiger partial charge < -0.3 is 14.2 Å². The van der Waals surface area contributed by atoms with Crippen molar-refractivity contribution in [2.24, 2.45) is 0 Å². The van der Waals surface area contributed by atoms with Gasteiger partial charge in [0.15, 0.2) is 5.82 Å². The first kappa shape index (κ1) is 17.4. The van der Waals surface area contributed by atoms with Crippen LogP contribution >= 0.6 is 15.9 Å². The maximum absolute atomic E-state index is 5.29. The molecule has 0 spiro atoms. The number of pyridine rings is 1. The first-order chi connectivity index (χ1) is 12.7. The molecule has 1 fully saturated rings. The number of para-hydroxylation sites is 1. The number of methoxy groups -OCH3 is 1. The zero-order valence-electron chi connectivity index (χ0n) is 14.6. The van der Waals surface area contributed by atoms with Crippen molar-refractivity contribution in [3.8, 4) is 0 Å². The highest BCUT2D eigenvalue weighted by molar-refractivity contribution is 9.10. The Balaban J connectivity index is 1.43. The third kappa shape index (κ3) is 3.58. The van der Waals surface area contributed by atoms with Gasteiger partial charge in [-0.25, -0.2) is 0 Å². The van der Waals surface area contributed by atoms with Crippen molar-refractivity contribution in [2.75, 3.05) is 38.2 Å². The summed E-state index contributed by atoms with van der Waals surface area (Å²) in [6, 6.07) is 8.31. The summed E-state index contributed by atoms with van der Waals surface area (Å²) in [4.78, 5) is 13.6. The summed E-state index contributed by atoms with van der Waals surface area (Å²) in [6.45, 7) is 4.84. The van der Waals surface area contributed by atoms with Crippen molar-refractivity contribution in [3.05, 3.63) is 46.7 Å². The number of hydrogen-bond donors (Lipinski definition) is 0. The predicted molar refractivity (Wildman–Crippen MR) is 102 cm³/mol. The molecule has 2 aromatic heterocycles. The van der Waals surface area contributed by atoms with Gasteiger partial charge in [0.1, 0.15) is 6.61 Å². The van der Waals surface area contributed by atoms with Gasteiger partial charge in [-0.05, 0) is 28.1 Å². The van der Waals surface area contributed by atoms with E-state index in [1.165, 1.54) is 11.1 Å². The van der Waals surface area contributed by atoms with Gasteiger partial charge in [0, 0.05) is 55.0 Å². The Morgan fingerprint density at radius 3 is 2.85 bits per heavy atom. The summed E-state index contributed by atoms with van der Waals surface area (Å²) in [5.41, 5.74) is 2.24. The topological polar surface area (TPSA) is 67.5 Å². The molecule has 0 amide bonds. The summed E-state index contributed by atoms with van der Waals surface area (Å²) >= 11 is 3.59. The fourth-order valence-corrected chi connectivity index (χ4v) is 3.75. The normalized spacial score (nSPS) is 15.7. The van der Waals surface area contributed by atoms with Crippen LogP contribution in [0.2, 0.25) is 0 Å². The highest BCUT2D eigenvalue weighted by Crippen LogP contribution is 2.30. The van der Waals surface area contributed by atoms with Gasteiger partial charge in [-0.2, -0.15) is 4.98 Å². The third-order valence-corrected chi connectivity index (χ3v) is 5.19. The number of aromatic nitrogens is 3. The third-order valence-electron chi connectivity index (χ3n) is 4.55. The van der Waals surface area contributed by atoms with E-state index in [4.69, 9.17) is 9.26 Å². The summed E-state index contributed by atoms with van der Waals surface area (Å²) in [5, 5.41) is 5.09. The van der Waals surface area contributed by atoms with E-state index < -0.39 is 0 Å². The van der Waals surface area contributed by atoms with Gasteiger partial charge in [-0.3, -0.25) is 9.88 Å². The Labute approximate surface area is 160 Å². The van der Waals surface area contributed by atoms with E-state index in [0.717, 1.165) is 36.2 Å². The fourth-order valence-electron chi connectivity index (χ4n) is 3.28. The average molecular weight is 418 g/mol. The molecule has 1 saturated heterocycles. The smallest absolute Gasteiger partial charge is 0.240 e. The largest absolute Gasteiger partial charge is 0.377 e. The second-order valence-corrected chi connectivity index (χ2v) is 7.12. The molecular weight excluding hydrogens is 398 g/mol. The van der Waals surface area contributed by atoms with Crippen LogP contribution in [0.25, 0.3) is 10.9 Å². The minimum atomic E-state index is 0.377. The molecule has 4 rings (SSSR count). The average Bonchev–Trinajstić information content (AvgIpc) is 3.10. The summed E-state index contributed by atoms with van der Waals surface area (Å²) in [5.74, 6) is 1.23. The van der Waals surface area contributed by atoms with E-state index in [-0.39, 0.29) is 0 Å². The van der Waals surface area contributed by atoms with Crippen molar-refractivity contribution >= 4 is 32.5 Å². The number of anilines is 1. The van der Waals surface area contributed by atoms with Crippen molar-refractivity contribution in [3.63, 3.8) is 0 Å². The Morgan fingerprint density at radius 2 is 2.04 bits per heavy atom. The summed E-state index contributed by atoms with van der Waals surface area (Å²) < 4.78 is 11.3. The molecule has 0 unspecified atom stereocenters. The zero-order valence-corrected chi connectivity index (χ0v) is 16.1. The lowest BCUT2D eigenvalue weighted by atomic mass is 10.1. The second kappa shape index (κ2) is 7.69. The number of ether oxygens (including phenoxy) is 1. The Hall–Kier alpha value is -2.03. The lowest BCUT2D eigenvalue weighted by Crippen LogP contribution is -2.46. The molecule has 0 saturated carbocycles. The quantitative estimate of drug-likeness (QED) is 0.631. The van der Waals surface area contributed by atoms with Crippen LogP contribution in [0.1, 0.15) is 11.7 Å². The number of halogens is 1. The van der Waals surface area contributed by atoms with E-state index in [9.17, 15) is 0 Å². The van der Waals surface area contributed by atoms with Crippen LogP contribution in [0.5, 0.6) is 0 Å². The fraction of sp³-hybridized carbons (Fsp3) is 0.389. The molecule has 0 aliphatic carbocycles. The number of hydrogen-bond acceptors (Lipinski definition) is 7. The molecule has 3 aromatic rings. The SMILES string of the molecule is COCc1noc(CN2CCN(c3ccnc4c(Br)cccc34)CC2)n1. The molecule has 136 valence electrons. The zero-order chi connectivity index (χ0) is 17.9. The number of fused-ring (bicyclic) bond motifs is 1. The molecule has 8 heteroatoms. The first-order valence-electron chi connectivity index (χ1n) is 8.55. The number of benzene rings is 1. The van der Waals surface area contributed by atoms with E-state index in [1.807, 2.05) is 12.3 Å². The van der Waals surface area contributed by atoms with Crippen molar-refractivity contribution < 1.29 is 9.26 Å². The lowest BCUT2D eigenvalue weighted by Gasteiger charge is -2.35. The molecule has 0 N–H and O–H groups in total. The van der Waals surface area contributed by atoms with Crippen LogP contribution in [-0.4, -0.2) is 53.3 Å². The van der Waals surface area contributed by atoms with Crippen LogP contribution in [0.15, 0.2) is 39.5 Å². The molecule has 7 nitrogen and oxygen atoms in total. The van der Waals surface area contributed by atoms with Crippen LogP contribution in [-0.2, 0) is 17.9 Å². The summed E-state index contributed by atoms with van der Waals surface area (Å²) in [6.07, 6.45) is 1.88. The monoisotopic (exact) mass is 417 g/mol. The van der Waals surface area contributed by atoms with E-state index in [0.29, 0.717) is 24.9 Å². The molecular formula is C18H20BrN5O2. The van der Waals surface area contributed by atoms with E-state index in [2.05, 4.69) is 59.1 Å². The van der Waals surface area contributed by atoms with Gasteiger partial charge in [-0.15, -0.1) is 0 Å². The van der Waals surface area contributed by atoms with Gasteiger partial charge in [0.05, 0.1) is 12.1 Å². The van der Waals surface area contributed by atoms with Crippen LogP contribution in [0, 0.1) is 0 Å². The number of nitrogens with zero attached hydrogens (tertiary/aromatic N) is 5. The number of rotatable bonds is 5. The Morgan fingerprint density at radius 1 is 1.19 bits per heavy atom. The van der Waals surface area contributed by atoms with E-state index >= 15 is 0 Å². The maximum Gasteiger partial charge on any atom is 0.240 e. The molecule has 1 aliphatic rings. The molecule has 3 heterocycles. The summed E-state index contributed by atoms with van der Waals surface area (Å²) in [7, 11) is 1.62. The minimum absolute atomic E-state index is 0.377. The molecule has 0 radical (unpaired) electrons.